The topological polar surface area (TPSA) is 59.0 Å². The zero-order valence-electron chi connectivity index (χ0n) is 16.7. The van der Waals surface area contributed by atoms with Crippen molar-refractivity contribution in [2.45, 2.75) is 76.4 Å². The van der Waals surface area contributed by atoms with Crippen LogP contribution in [-0.2, 0) is 11.2 Å². The first-order chi connectivity index (χ1) is 13.7. The van der Waals surface area contributed by atoms with E-state index in [1.54, 1.807) is 0 Å². The predicted molar refractivity (Wildman–Crippen MR) is 110 cm³/mol. The monoisotopic (exact) mass is 378 g/mol. The van der Waals surface area contributed by atoms with Crippen LogP contribution in [0, 0.1) is 12.8 Å². The molecule has 28 heavy (non-hydrogen) atoms. The molecule has 5 heteroatoms. The van der Waals surface area contributed by atoms with Gasteiger partial charge in [-0.25, -0.2) is 4.68 Å². The molecule has 2 fully saturated rings. The molecule has 0 saturated carbocycles. The highest BCUT2D eigenvalue weighted by Gasteiger charge is 2.34. The first-order valence-electron chi connectivity index (χ1n) is 10.8. The van der Waals surface area contributed by atoms with E-state index in [-0.39, 0.29) is 11.9 Å². The lowest BCUT2D eigenvalue weighted by Crippen LogP contribution is -2.39. The lowest BCUT2D eigenvalue weighted by molar-refractivity contribution is -0.117. The van der Waals surface area contributed by atoms with Crippen LogP contribution in [0.5, 0.6) is 0 Å². The van der Waals surface area contributed by atoms with E-state index in [9.17, 15) is 4.79 Å². The largest absolute Gasteiger partial charge is 0.311 e. The summed E-state index contributed by atoms with van der Waals surface area (Å²) in [5, 5.41) is 11.6. The molecule has 3 aliphatic rings. The molecule has 3 heterocycles. The molecule has 2 aromatic rings. The van der Waals surface area contributed by atoms with Gasteiger partial charge in [-0.15, -0.1) is 0 Å². The lowest BCUT2D eigenvalue weighted by atomic mass is 9.88. The number of aryl methyl sites for hydroxylation is 2. The van der Waals surface area contributed by atoms with Crippen LogP contribution in [0.3, 0.4) is 0 Å². The van der Waals surface area contributed by atoms with E-state index in [0.29, 0.717) is 24.4 Å². The fourth-order valence-corrected chi connectivity index (χ4v) is 5.61. The van der Waals surface area contributed by atoms with Gasteiger partial charge in [0.2, 0.25) is 5.91 Å². The second-order valence-electron chi connectivity index (χ2n) is 8.96. The number of nitrogens with one attached hydrogen (secondary N) is 2. The molecule has 3 unspecified atom stereocenters. The SMILES string of the molecule is Cc1cnn(C2CCCc3ccccc32)c1NC(=O)CC1CC2CCC(C1)N2. The summed E-state index contributed by atoms with van der Waals surface area (Å²) >= 11 is 0. The third-order valence-corrected chi connectivity index (χ3v) is 6.91. The highest BCUT2D eigenvalue weighted by atomic mass is 16.1. The molecule has 0 spiro atoms. The number of hydrogen-bond acceptors (Lipinski definition) is 3. The molecule has 1 aromatic heterocycles. The number of hydrogen-bond donors (Lipinski definition) is 2. The van der Waals surface area contributed by atoms with Crippen LogP contribution >= 0.6 is 0 Å². The quantitative estimate of drug-likeness (QED) is 0.846. The Balaban J connectivity index is 1.33. The van der Waals surface area contributed by atoms with Crippen LogP contribution in [0.15, 0.2) is 30.5 Å². The van der Waals surface area contributed by atoms with E-state index in [0.717, 1.165) is 43.5 Å². The molecule has 2 bridgehead atoms. The van der Waals surface area contributed by atoms with Crippen LogP contribution in [0.2, 0.25) is 0 Å². The molecule has 1 aromatic carbocycles. The number of carbonyl (C=O) groups is 1. The fraction of sp³-hybridized carbons (Fsp3) is 0.565. The van der Waals surface area contributed by atoms with Gasteiger partial charge in [-0.05, 0) is 68.9 Å². The normalized spacial score (nSPS) is 28.8. The average molecular weight is 379 g/mol. The molecule has 2 N–H and O–H groups in total. The van der Waals surface area contributed by atoms with Crippen molar-refractivity contribution in [3.63, 3.8) is 0 Å². The lowest BCUT2D eigenvalue weighted by Gasteiger charge is -2.29. The Morgan fingerprint density at radius 2 is 2.00 bits per heavy atom. The molecule has 2 aliphatic heterocycles. The molecule has 5 rings (SSSR count). The van der Waals surface area contributed by atoms with Crippen molar-refractivity contribution in [3.8, 4) is 0 Å². The minimum Gasteiger partial charge on any atom is -0.311 e. The Morgan fingerprint density at radius 3 is 2.82 bits per heavy atom. The van der Waals surface area contributed by atoms with Gasteiger partial charge in [-0.2, -0.15) is 5.10 Å². The Kier molecular flexibility index (Phi) is 4.71. The molecular weight excluding hydrogens is 348 g/mol. The summed E-state index contributed by atoms with van der Waals surface area (Å²) in [7, 11) is 0. The molecular formula is C23H30N4O. The molecule has 1 aliphatic carbocycles. The number of anilines is 1. The Labute approximate surface area is 166 Å². The number of benzene rings is 1. The van der Waals surface area contributed by atoms with Gasteiger partial charge < -0.3 is 10.6 Å². The van der Waals surface area contributed by atoms with Crippen molar-refractivity contribution < 1.29 is 4.79 Å². The van der Waals surface area contributed by atoms with Gasteiger partial charge in [-0.1, -0.05) is 24.3 Å². The maximum Gasteiger partial charge on any atom is 0.225 e. The van der Waals surface area contributed by atoms with Crippen LogP contribution in [0.4, 0.5) is 5.82 Å². The van der Waals surface area contributed by atoms with Crippen LogP contribution in [0.25, 0.3) is 0 Å². The smallest absolute Gasteiger partial charge is 0.225 e. The van der Waals surface area contributed by atoms with E-state index in [2.05, 4.69) is 44.7 Å². The Hall–Kier alpha value is -2.14. The second-order valence-corrected chi connectivity index (χ2v) is 8.96. The summed E-state index contributed by atoms with van der Waals surface area (Å²) in [6.07, 6.45) is 10.7. The summed E-state index contributed by atoms with van der Waals surface area (Å²) < 4.78 is 2.05. The van der Waals surface area contributed by atoms with Gasteiger partial charge >= 0.3 is 0 Å². The third-order valence-electron chi connectivity index (χ3n) is 6.91. The minimum absolute atomic E-state index is 0.139. The summed E-state index contributed by atoms with van der Waals surface area (Å²) in [6.45, 7) is 2.04. The standard InChI is InChI=1S/C23H30N4O/c1-15-14-24-27(21-8-4-6-17-5-2-3-7-20(17)21)23(15)26-22(28)13-16-11-18-9-10-19(12-16)25-18/h2-3,5,7,14,16,18-19,21,25H,4,6,8-13H2,1H3,(H,26,28). The zero-order valence-corrected chi connectivity index (χ0v) is 16.7. The highest BCUT2D eigenvalue weighted by Crippen LogP contribution is 2.36. The number of aromatic nitrogens is 2. The molecule has 1 amide bonds. The molecule has 5 nitrogen and oxygen atoms in total. The van der Waals surface area contributed by atoms with Crippen LogP contribution < -0.4 is 10.6 Å². The average Bonchev–Trinajstić information content (AvgIpc) is 3.23. The number of piperidine rings is 1. The maximum absolute atomic E-state index is 12.9. The van der Waals surface area contributed by atoms with Crippen molar-refractivity contribution in [1.82, 2.24) is 15.1 Å². The zero-order chi connectivity index (χ0) is 19.1. The Bertz CT molecular complexity index is 861. The van der Waals surface area contributed by atoms with E-state index in [1.807, 2.05) is 13.1 Å². The van der Waals surface area contributed by atoms with E-state index >= 15 is 0 Å². The van der Waals surface area contributed by atoms with Crippen molar-refractivity contribution in [3.05, 3.63) is 47.2 Å². The maximum atomic E-state index is 12.9. The van der Waals surface area contributed by atoms with Crippen LogP contribution in [-0.4, -0.2) is 27.8 Å². The summed E-state index contributed by atoms with van der Waals surface area (Å²) in [5.41, 5.74) is 3.80. The number of fused-ring (bicyclic) bond motifs is 3. The van der Waals surface area contributed by atoms with Crippen molar-refractivity contribution in [1.29, 1.82) is 0 Å². The summed E-state index contributed by atoms with van der Waals surface area (Å²) in [6, 6.07) is 10.1. The van der Waals surface area contributed by atoms with Crippen LogP contribution in [0.1, 0.15) is 67.7 Å². The van der Waals surface area contributed by atoms with Gasteiger partial charge in [0.1, 0.15) is 5.82 Å². The molecule has 148 valence electrons. The van der Waals surface area contributed by atoms with Gasteiger partial charge in [-0.3, -0.25) is 4.79 Å². The van der Waals surface area contributed by atoms with E-state index < -0.39 is 0 Å². The fourth-order valence-electron chi connectivity index (χ4n) is 5.61. The van der Waals surface area contributed by atoms with Gasteiger partial charge in [0.15, 0.2) is 0 Å². The number of rotatable bonds is 4. The van der Waals surface area contributed by atoms with Gasteiger partial charge in [0.05, 0.1) is 12.2 Å². The van der Waals surface area contributed by atoms with Crippen molar-refractivity contribution in [2.75, 3.05) is 5.32 Å². The number of amides is 1. The van der Waals surface area contributed by atoms with Gasteiger partial charge in [0.25, 0.3) is 0 Å². The highest BCUT2D eigenvalue weighted by molar-refractivity contribution is 5.90. The Morgan fingerprint density at radius 1 is 1.21 bits per heavy atom. The minimum atomic E-state index is 0.139. The number of nitrogens with zero attached hydrogens (tertiary/aromatic N) is 2. The first-order valence-corrected chi connectivity index (χ1v) is 10.8. The third kappa shape index (κ3) is 3.37. The van der Waals surface area contributed by atoms with Gasteiger partial charge in [0, 0.05) is 24.1 Å². The van der Waals surface area contributed by atoms with E-state index in [1.165, 1.54) is 24.0 Å². The first kappa shape index (κ1) is 17.9. The van der Waals surface area contributed by atoms with Crippen molar-refractivity contribution >= 4 is 11.7 Å². The predicted octanol–water partition coefficient (Wildman–Crippen LogP) is 3.98. The number of carbonyl (C=O) groups excluding carboxylic acids is 1. The van der Waals surface area contributed by atoms with Crippen molar-refractivity contribution in [2.24, 2.45) is 5.92 Å². The van der Waals surface area contributed by atoms with E-state index in [4.69, 9.17) is 0 Å². The molecule has 0 radical (unpaired) electrons. The summed E-state index contributed by atoms with van der Waals surface area (Å²) in [5.74, 6) is 1.52. The second kappa shape index (κ2) is 7.36. The molecule has 3 atom stereocenters. The summed E-state index contributed by atoms with van der Waals surface area (Å²) in [4.78, 5) is 12.9. The molecule has 2 saturated heterocycles.